The zero-order chi connectivity index (χ0) is 10.0. The maximum absolute atomic E-state index is 10.9. The monoisotopic (exact) mass is 185 g/mol. The van der Waals surface area contributed by atoms with Crippen molar-refractivity contribution < 1.29 is 9.90 Å². The van der Waals surface area contributed by atoms with Crippen LogP contribution >= 0.6 is 0 Å². The van der Waals surface area contributed by atoms with E-state index in [1.54, 1.807) is 0 Å². The molecule has 0 radical (unpaired) electrons. The zero-order valence-electron chi connectivity index (χ0n) is 8.58. The van der Waals surface area contributed by atoms with Crippen LogP contribution in [-0.2, 0) is 4.79 Å². The van der Waals surface area contributed by atoms with Gasteiger partial charge >= 0.3 is 5.97 Å². The van der Waals surface area contributed by atoms with E-state index in [9.17, 15) is 4.79 Å². The summed E-state index contributed by atoms with van der Waals surface area (Å²) < 4.78 is 0. The van der Waals surface area contributed by atoms with Gasteiger partial charge in [0.15, 0.2) is 0 Å². The zero-order valence-corrected chi connectivity index (χ0v) is 8.58. The van der Waals surface area contributed by atoms with Gasteiger partial charge in [0.2, 0.25) is 0 Å². The highest BCUT2D eigenvalue weighted by Gasteiger charge is 2.36. The number of hydrogen-bond acceptors (Lipinski definition) is 2. The Kier molecular flexibility index (Phi) is 3.31. The van der Waals surface area contributed by atoms with Gasteiger partial charge in [-0.05, 0) is 24.3 Å². The van der Waals surface area contributed by atoms with Gasteiger partial charge in [0, 0.05) is 6.54 Å². The summed E-state index contributed by atoms with van der Waals surface area (Å²) in [6.45, 7) is 7.95. The molecule has 1 saturated heterocycles. The predicted octanol–water partition coefficient (Wildman–Crippen LogP) is 1.20. The minimum Gasteiger partial charge on any atom is -0.481 e. The van der Waals surface area contributed by atoms with E-state index in [0.717, 1.165) is 6.54 Å². The van der Waals surface area contributed by atoms with E-state index in [0.29, 0.717) is 24.3 Å². The van der Waals surface area contributed by atoms with E-state index >= 15 is 0 Å². The van der Waals surface area contributed by atoms with Crippen molar-refractivity contribution in [3.05, 3.63) is 0 Å². The van der Waals surface area contributed by atoms with Crippen LogP contribution in [0.1, 0.15) is 20.8 Å². The van der Waals surface area contributed by atoms with Crippen molar-refractivity contribution in [3.63, 3.8) is 0 Å². The summed E-state index contributed by atoms with van der Waals surface area (Å²) in [7, 11) is 0. The van der Waals surface area contributed by atoms with Gasteiger partial charge < -0.3 is 10.4 Å². The summed E-state index contributed by atoms with van der Waals surface area (Å²) in [5.41, 5.74) is 0. The Morgan fingerprint density at radius 3 is 2.46 bits per heavy atom. The van der Waals surface area contributed by atoms with Crippen LogP contribution in [0.3, 0.4) is 0 Å². The van der Waals surface area contributed by atoms with Crippen LogP contribution in [0.25, 0.3) is 0 Å². The van der Waals surface area contributed by atoms with Crippen LogP contribution in [0, 0.1) is 23.7 Å². The molecule has 1 aliphatic heterocycles. The first-order valence-electron chi connectivity index (χ1n) is 4.97. The van der Waals surface area contributed by atoms with E-state index in [-0.39, 0.29) is 5.92 Å². The Balaban J connectivity index is 2.62. The molecule has 0 aromatic heterocycles. The molecule has 0 aromatic rings. The van der Waals surface area contributed by atoms with Gasteiger partial charge in [0.25, 0.3) is 0 Å². The molecule has 1 fully saturated rings. The van der Waals surface area contributed by atoms with E-state index in [2.05, 4.69) is 26.1 Å². The third-order valence-electron chi connectivity index (χ3n) is 3.31. The highest BCUT2D eigenvalue weighted by molar-refractivity contribution is 5.71. The van der Waals surface area contributed by atoms with Crippen LogP contribution in [0.2, 0.25) is 0 Å². The van der Waals surface area contributed by atoms with Crippen LogP contribution in [0.15, 0.2) is 0 Å². The molecule has 0 aromatic carbocycles. The van der Waals surface area contributed by atoms with Crippen molar-refractivity contribution in [2.45, 2.75) is 20.8 Å². The lowest BCUT2D eigenvalue weighted by Crippen LogP contribution is -2.29. The molecule has 3 heteroatoms. The van der Waals surface area contributed by atoms with Gasteiger partial charge in [0.05, 0.1) is 5.92 Å². The fraction of sp³-hybridized carbons (Fsp3) is 0.900. The number of carbonyl (C=O) groups is 1. The maximum Gasteiger partial charge on any atom is 0.308 e. The fourth-order valence-corrected chi connectivity index (χ4v) is 2.02. The maximum atomic E-state index is 10.9. The average molecular weight is 185 g/mol. The van der Waals surface area contributed by atoms with Gasteiger partial charge in [-0.2, -0.15) is 0 Å². The molecule has 1 heterocycles. The predicted molar refractivity (Wildman–Crippen MR) is 51.5 cm³/mol. The van der Waals surface area contributed by atoms with Gasteiger partial charge in [-0.25, -0.2) is 0 Å². The van der Waals surface area contributed by atoms with Crippen molar-refractivity contribution >= 4 is 5.97 Å². The Morgan fingerprint density at radius 2 is 2.00 bits per heavy atom. The lowest BCUT2D eigenvalue weighted by atomic mass is 9.79. The van der Waals surface area contributed by atoms with Crippen LogP contribution in [0.4, 0.5) is 0 Å². The Hall–Kier alpha value is -0.570. The lowest BCUT2D eigenvalue weighted by molar-refractivity contribution is -0.143. The molecule has 1 rings (SSSR count). The molecule has 0 bridgehead atoms. The van der Waals surface area contributed by atoms with Crippen LogP contribution in [0.5, 0.6) is 0 Å². The highest BCUT2D eigenvalue weighted by atomic mass is 16.4. The first kappa shape index (κ1) is 10.5. The fourth-order valence-electron chi connectivity index (χ4n) is 2.02. The summed E-state index contributed by atoms with van der Waals surface area (Å²) >= 11 is 0. The molecule has 0 amide bonds. The molecule has 1 aliphatic rings. The second-order valence-electron chi connectivity index (χ2n) is 4.37. The lowest BCUT2D eigenvalue weighted by Gasteiger charge is -2.25. The highest BCUT2D eigenvalue weighted by Crippen LogP contribution is 2.29. The Morgan fingerprint density at radius 1 is 1.38 bits per heavy atom. The Bertz CT molecular complexity index is 191. The first-order chi connectivity index (χ1) is 6.04. The largest absolute Gasteiger partial charge is 0.481 e. The standard InChI is InChI=1S/C10H19NO2/c1-6(2)7(3)8-4-11-5-9(8)10(12)13/h6-9,11H,4-5H2,1-3H3,(H,12,13). The molecule has 0 saturated carbocycles. The topological polar surface area (TPSA) is 49.3 Å². The smallest absolute Gasteiger partial charge is 0.308 e. The summed E-state index contributed by atoms with van der Waals surface area (Å²) in [5.74, 6) is 0.514. The van der Waals surface area contributed by atoms with Gasteiger partial charge in [-0.3, -0.25) is 4.79 Å². The number of carboxylic acids is 1. The summed E-state index contributed by atoms with van der Waals surface area (Å²) in [6.07, 6.45) is 0. The van der Waals surface area contributed by atoms with Crippen molar-refractivity contribution in [1.82, 2.24) is 5.32 Å². The molecular formula is C10H19NO2. The van der Waals surface area contributed by atoms with E-state index in [1.165, 1.54) is 0 Å². The second kappa shape index (κ2) is 4.09. The van der Waals surface area contributed by atoms with E-state index in [4.69, 9.17) is 5.11 Å². The SMILES string of the molecule is CC(C)C(C)C1CNCC1C(=O)O. The molecule has 2 N–H and O–H groups in total. The van der Waals surface area contributed by atoms with E-state index in [1.807, 2.05) is 0 Å². The van der Waals surface area contributed by atoms with Crippen LogP contribution in [-0.4, -0.2) is 24.2 Å². The number of nitrogens with one attached hydrogen (secondary N) is 1. The van der Waals surface area contributed by atoms with Crippen molar-refractivity contribution in [1.29, 1.82) is 0 Å². The molecule has 3 atom stereocenters. The normalized spacial score (nSPS) is 30.8. The first-order valence-corrected chi connectivity index (χ1v) is 4.97. The summed E-state index contributed by atoms with van der Waals surface area (Å²) in [5, 5.41) is 12.1. The second-order valence-corrected chi connectivity index (χ2v) is 4.37. The average Bonchev–Trinajstić information content (AvgIpc) is 2.50. The van der Waals surface area contributed by atoms with Crippen molar-refractivity contribution in [2.24, 2.45) is 23.7 Å². The quantitative estimate of drug-likeness (QED) is 0.694. The summed E-state index contributed by atoms with van der Waals surface area (Å²) in [6, 6.07) is 0. The van der Waals surface area contributed by atoms with E-state index < -0.39 is 5.97 Å². The molecule has 3 unspecified atom stereocenters. The minimum atomic E-state index is -0.650. The van der Waals surface area contributed by atoms with Crippen molar-refractivity contribution in [2.75, 3.05) is 13.1 Å². The molecule has 3 nitrogen and oxygen atoms in total. The summed E-state index contributed by atoms with van der Waals surface area (Å²) in [4.78, 5) is 10.9. The van der Waals surface area contributed by atoms with Crippen LogP contribution < -0.4 is 5.32 Å². The molecule has 13 heavy (non-hydrogen) atoms. The molecule has 0 aliphatic carbocycles. The molecule has 0 spiro atoms. The minimum absolute atomic E-state index is 0.183. The number of rotatable bonds is 3. The molecule has 76 valence electrons. The third-order valence-corrected chi connectivity index (χ3v) is 3.31. The van der Waals surface area contributed by atoms with Gasteiger partial charge in [-0.1, -0.05) is 20.8 Å². The molecular weight excluding hydrogens is 166 g/mol. The number of aliphatic carboxylic acids is 1. The van der Waals surface area contributed by atoms with Crippen molar-refractivity contribution in [3.8, 4) is 0 Å². The van der Waals surface area contributed by atoms with Gasteiger partial charge in [0.1, 0.15) is 0 Å². The number of carboxylic acid groups (broad SMARTS) is 1. The third kappa shape index (κ3) is 2.21. The Labute approximate surface area is 79.5 Å². The number of hydrogen-bond donors (Lipinski definition) is 2. The van der Waals surface area contributed by atoms with Gasteiger partial charge in [-0.15, -0.1) is 0 Å².